The maximum Gasteiger partial charge on any atom is 0.410 e. The third kappa shape index (κ3) is 5.08. The summed E-state index contributed by atoms with van der Waals surface area (Å²) in [4.78, 5) is 29.7. The number of rotatable bonds is 4. The van der Waals surface area contributed by atoms with Crippen LogP contribution in [0.5, 0.6) is 5.75 Å². The van der Waals surface area contributed by atoms with E-state index in [0.29, 0.717) is 11.3 Å². The van der Waals surface area contributed by atoms with Gasteiger partial charge < -0.3 is 24.7 Å². The zero-order chi connectivity index (χ0) is 22.1. The summed E-state index contributed by atoms with van der Waals surface area (Å²) in [5.41, 5.74) is 6.40. The van der Waals surface area contributed by atoms with Crippen molar-refractivity contribution >= 4 is 12.0 Å². The second kappa shape index (κ2) is 8.33. The fourth-order valence-corrected chi connectivity index (χ4v) is 3.22. The number of imidazole rings is 1. The van der Waals surface area contributed by atoms with Gasteiger partial charge in [0.2, 0.25) is 0 Å². The lowest BCUT2D eigenvalue weighted by Gasteiger charge is -2.35. The first-order chi connectivity index (χ1) is 14.0. The maximum atomic E-state index is 14.8. The van der Waals surface area contributed by atoms with Crippen molar-refractivity contribution in [1.82, 2.24) is 14.5 Å². The van der Waals surface area contributed by atoms with Crippen LogP contribution in [0.15, 0.2) is 30.7 Å². The summed E-state index contributed by atoms with van der Waals surface area (Å²) in [6.45, 7) is 5.42. The first kappa shape index (κ1) is 21.6. The number of primary amides is 1. The van der Waals surface area contributed by atoms with E-state index < -0.39 is 29.9 Å². The van der Waals surface area contributed by atoms with Crippen LogP contribution < -0.4 is 10.5 Å². The minimum Gasteiger partial charge on any atom is -0.486 e. The van der Waals surface area contributed by atoms with Gasteiger partial charge in [0, 0.05) is 31.8 Å². The van der Waals surface area contributed by atoms with E-state index in [-0.39, 0.29) is 30.8 Å². The van der Waals surface area contributed by atoms with Gasteiger partial charge in [0.15, 0.2) is 6.17 Å². The summed E-state index contributed by atoms with van der Waals surface area (Å²) in [6.07, 6.45) is 0.937. The van der Waals surface area contributed by atoms with E-state index in [0.717, 1.165) is 0 Å². The van der Waals surface area contributed by atoms with Crippen LogP contribution in [0.4, 0.5) is 9.18 Å². The number of nitrogens with zero attached hydrogens (tertiary/aromatic N) is 3. The molecule has 0 bridgehead atoms. The van der Waals surface area contributed by atoms with Crippen molar-refractivity contribution in [2.24, 2.45) is 12.8 Å². The number of carbonyl (C=O) groups excluding carboxylic acids is 2. The zero-order valence-electron chi connectivity index (χ0n) is 17.6. The number of likely N-dealkylation sites (tertiary alicyclic amines) is 1. The lowest BCUT2D eigenvalue weighted by atomic mass is 10.0. The number of amides is 2. The smallest absolute Gasteiger partial charge is 0.410 e. The first-order valence-electron chi connectivity index (χ1n) is 9.74. The molecular weight excluding hydrogens is 391 g/mol. The molecule has 2 heterocycles. The maximum absolute atomic E-state index is 14.8. The van der Waals surface area contributed by atoms with E-state index in [4.69, 9.17) is 15.2 Å². The predicted octanol–water partition coefficient (Wildman–Crippen LogP) is 2.91. The molecule has 8 nitrogen and oxygen atoms in total. The lowest BCUT2D eigenvalue weighted by Crippen LogP contribution is -2.50. The molecule has 1 aromatic carbocycles. The van der Waals surface area contributed by atoms with Crippen molar-refractivity contribution in [3.63, 3.8) is 0 Å². The first-order valence-corrected chi connectivity index (χ1v) is 9.74. The van der Waals surface area contributed by atoms with Crippen molar-refractivity contribution in [2.45, 2.75) is 45.1 Å². The zero-order valence-corrected chi connectivity index (χ0v) is 17.6. The number of aromatic nitrogens is 2. The van der Waals surface area contributed by atoms with Crippen molar-refractivity contribution in [3.05, 3.63) is 36.3 Å². The molecule has 2 N–H and O–H groups in total. The van der Waals surface area contributed by atoms with Crippen LogP contribution in [0.3, 0.4) is 0 Å². The van der Waals surface area contributed by atoms with E-state index in [9.17, 15) is 14.0 Å². The van der Waals surface area contributed by atoms with Crippen LogP contribution in [0.25, 0.3) is 11.3 Å². The third-order valence-corrected chi connectivity index (χ3v) is 4.66. The van der Waals surface area contributed by atoms with Crippen LogP contribution in [0.2, 0.25) is 0 Å². The van der Waals surface area contributed by atoms with Gasteiger partial charge >= 0.3 is 6.09 Å². The number of hydrogen-bond donors (Lipinski definition) is 1. The molecule has 2 aromatic rings. The minimum absolute atomic E-state index is 0.141. The molecule has 2 amide bonds. The second-order valence-corrected chi connectivity index (χ2v) is 8.39. The molecule has 1 fully saturated rings. The van der Waals surface area contributed by atoms with Crippen molar-refractivity contribution < 1.29 is 23.5 Å². The van der Waals surface area contributed by atoms with Crippen LogP contribution in [0.1, 0.15) is 37.6 Å². The number of alkyl halides is 1. The largest absolute Gasteiger partial charge is 0.486 e. The number of benzene rings is 1. The molecule has 9 heteroatoms. The Morgan fingerprint density at radius 1 is 1.30 bits per heavy atom. The molecular formula is C21H27FN4O4. The monoisotopic (exact) mass is 418 g/mol. The molecule has 0 saturated carbocycles. The van der Waals surface area contributed by atoms with Gasteiger partial charge in [-0.25, -0.2) is 14.2 Å². The van der Waals surface area contributed by atoms with Gasteiger partial charge in [0.25, 0.3) is 5.91 Å². The predicted molar refractivity (Wildman–Crippen MR) is 109 cm³/mol. The molecule has 30 heavy (non-hydrogen) atoms. The van der Waals surface area contributed by atoms with E-state index in [2.05, 4.69) is 4.98 Å². The molecule has 0 aliphatic carbocycles. The molecule has 1 aliphatic rings. The Hall–Kier alpha value is -3.10. The SMILES string of the molecule is Cn1cnc(-c2ccc(OC3CCN(C(=O)OC(C)(C)C)CC3F)c(C(N)=O)c2)c1. The highest BCUT2D eigenvalue weighted by molar-refractivity contribution is 5.97. The number of piperidine rings is 1. The number of nitrogens with two attached hydrogens (primary N) is 1. The summed E-state index contributed by atoms with van der Waals surface area (Å²) in [7, 11) is 1.84. The van der Waals surface area contributed by atoms with Crippen LogP contribution in [0, 0.1) is 0 Å². The Kier molecular flexibility index (Phi) is 6.00. The number of halogens is 1. The van der Waals surface area contributed by atoms with Crippen LogP contribution in [-0.4, -0.2) is 57.4 Å². The van der Waals surface area contributed by atoms with Gasteiger partial charge in [-0.2, -0.15) is 0 Å². The Bertz CT molecular complexity index is 937. The highest BCUT2D eigenvalue weighted by Gasteiger charge is 2.35. The normalized spacial score (nSPS) is 19.4. The lowest BCUT2D eigenvalue weighted by molar-refractivity contribution is -0.0106. The highest BCUT2D eigenvalue weighted by Crippen LogP contribution is 2.29. The molecule has 1 aromatic heterocycles. The average molecular weight is 418 g/mol. The van der Waals surface area contributed by atoms with Crippen molar-refractivity contribution in [2.75, 3.05) is 13.1 Å². The Morgan fingerprint density at radius 3 is 2.60 bits per heavy atom. The molecule has 0 spiro atoms. The molecule has 3 rings (SSSR count). The number of ether oxygens (including phenoxy) is 2. The van der Waals surface area contributed by atoms with Crippen molar-refractivity contribution in [1.29, 1.82) is 0 Å². The standard InChI is InChI=1S/C21H27FN4O4/c1-21(2,3)30-20(28)26-8-7-18(15(22)10-26)29-17-6-5-13(9-14(17)19(23)27)16-11-25(4)12-24-16/h5-6,9,11-12,15,18H,7-8,10H2,1-4H3,(H2,23,27). The summed E-state index contributed by atoms with van der Waals surface area (Å²) >= 11 is 0. The van der Waals surface area contributed by atoms with Gasteiger partial charge in [0.05, 0.1) is 24.1 Å². The topological polar surface area (TPSA) is 99.7 Å². The summed E-state index contributed by atoms with van der Waals surface area (Å²) in [6, 6.07) is 4.92. The van der Waals surface area contributed by atoms with Gasteiger partial charge in [-0.3, -0.25) is 4.79 Å². The van der Waals surface area contributed by atoms with Crippen molar-refractivity contribution in [3.8, 4) is 17.0 Å². The Morgan fingerprint density at radius 2 is 2.03 bits per heavy atom. The molecule has 162 valence electrons. The van der Waals surface area contributed by atoms with Crippen LogP contribution in [-0.2, 0) is 11.8 Å². The fourth-order valence-electron chi connectivity index (χ4n) is 3.22. The minimum atomic E-state index is -1.43. The van der Waals surface area contributed by atoms with Crippen LogP contribution >= 0.6 is 0 Å². The molecule has 1 saturated heterocycles. The average Bonchev–Trinajstić information content (AvgIpc) is 3.08. The summed E-state index contributed by atoms with van der Waals surface area (Å²) in [5.74, 6) is -0.468. The highest BCUT2D eigenvalue weighted by atomic mass is 19.1. The Balaban J connectivity index is 1.72. The fraction of sp³-hybridized carbons (Fsp3) is 0.476. The molecule has 2 atom stereocenters. The second-order valence-electron chi connectivity index (χ2n) is 8.39. The van der Waals surface area contributed by atoms with Gasteiger partial charge in [0.1, 0.15) is 17.5 Å². The quantitative estimate of drug-likeness (QED) is 0.823. The van der Waals surface area contributed by atoms with E-state index >= 15 is 0 Å². The van der Waals surface area contributed by atoms with Gasteiger partial charge in [-0.1, -0.05) is 0 Å². The molecule has 0 radical (unpaired) electrons. The molecule has 2 unspecified atom stereocenters. The van der Waals surface area contributed by atoms with Gasteiger partial charge in [-0.05, 0) is 39.0 Å². The van der Waals surface area contributed by atoms with Gasteiger partial charge in [-0.15, -0.1) is 0 Å². The molecule has 1 aliphatic heterocycles. The summed E-state index contributed by atoms with van der Waals surface area (Å²) < 4.78 is 27.6. The number of aryl methyl sites for hydroxylation is 1. The Labute approximate surface area is 174 Å². The van der Waals surface area contributed by atoms with E-state index in [1.54, 1.807) is 49.9 Å². The number of carbonyl (C=O) groups is 2. The summed E-state index contributed by atoms with van der Waals surface area (Å²) in [5, 5.41) is 0. The number of hydrogen-bond acceptors (Lipinski definition) is 5. The van der Waals surface area contributed by atoms with E-state index in [1.807, 2.05) is 13.2 Å². The third-order valence-electron chi connectivity index (χ3n) is 4.66. The van der Waals surface area contributed by atoms with E-state index in [1.165, 1.54) is 4.90 Å².